The van der Waals surface area contributed by atoms with Crippen LogP contribution >= 0.6 is 23.1 Å². The maximum atomic E-state index is 13.8. The van der Waals surface area contributed by atoms with Crippen molar-refractivity contribution in [3.63, 3.8) is 0 Å². The molecule has 0 amide bonds. The first kappa shape index (κ1) is 28.1. The van der Waals surface area contributed by atoms with Crippen molar-refractivity contribution in [3.8, 4) is 11.5 Å². The number of rotatable bonds is 9. The van der Waals surface area contributed by atoms with E-state index < -0.39 is 18.0 Å². The summed E-state index contributed by atoms with van der Waals surface area (Å²) in [4.78, 5) is 44.6. The van der Waals surface area contributed by atoms with Crippen molar-refractivity contribution in [3.05, 3.63) is 97.2 Å². The highest BCUT2D eigenvalue weighted by atomic mass is 32.2. The van der Waals surface area contributed by atoms with Crippen molar-refractivity contribution in [1.29, 1.82) is 0 Å². The zero-order chi connectivity index (χ0) is 28.1. The zero-order valence-electron chi connectivity index (χ0n) is 22.1. The van der Waals surface area contributed by atoms with Gasteiger partial charge in [0.05, 0.1) is 28.5 Å². The molecule has 202 valence electrons. The fourth-order valence-electron chi connectivity index (χ4n) is 4.17. The topological polar surface area (TPSA) is 96.2 Å². The van der Waals surface area contributed by atoms with Crippen molar-refractivity contribution < 1.29 is 23.8 Å². The Morgan fingerprint density at radius 2 is 1.92 bits per heavy atom. The summed E-state index contributed by atoms with van der Waals surface area (Å²) >= 11 is 2.83. The van der Waals surface area contributed by atoms with Crippen LogP contribution in [0.2, 0.25) is 0 Å². The second-order valence-corrected chi connectivity index (χ2v) is 10.4. The molecule has 0 radical (unpaired) electrons. The molecule has 0 fully saturated rings. The number of allylic oxidation sites excluding steroid dienone is 1. The number of fused-ring (bicyclic) bond motifs is 1. The second-order valence-electron chi connectivity index (χ2n) is 8.47. The minimum atomic E-state index is -0.707. The summed E-state index contributed by atoms with van der Waals surface area (Å²) in [5.41, 5.74) is 1.95. The molecule has 1 unspecified atom stereocenters. The molecule has 0 saturated heterocycles. The van der Waals surface area contributed by atoms with Crippen molar-refractivity contribution in [2.75, 3.05) is 19.5 Å². The van der Waals surface area contributed by atoms with Crippen molar-refractivity contribution in [2.24, 2.45) is 4.99 Å². The number of aromatic nitrogens is 1. The molecule has 2 aromatic carbocycles. The van der Waals surface area contributed by atoms with E-state index in [0.29, 0.717) is 44.3 Å². The summed E-state index contributed by atoms with van der Waals surface area (Å²) in [5.74, 6) is -0.314. The normalized spacial score (nSPS) is 14.9. The van der Waals surface area contributed by atoms with Crippen molar-refractivity contribution in [2.45, 2.75) is 31.7 Å². The van der Waals surface area contributed by atoms with Gasteiger partial charge in [0.2, 0.25) is 0 Å². The number of carbonyl (C=O) groups excluding carboxylic acids is 2. The molecule has 0 saturated carbocycles. The maximum absolute atomic E-state index is 13.8. The lowest BCUT2D eigenvalue weighted by molar-refractivity contribution is -0.138. The lowest BCUT2D eigenvalue weighted by atomic mass is 9.96. The predicted octanol–water partition coefficient (Wildman–Crippen LogP) is 4.01. The summed E-state index contributed by atoms with van der Waals surface area (Å²) < 4.78 is 18.2. The van der Waals surface area contributed by atoms with E-state index in [0.717, 1.165) is 10.5 Å². The number of benzene rings is 2. The molecule has 0 spiro atoms. The molecule has 2 heterocycles. The van der Waals surface area contributed by atoms with Crippen LogP contribution in [-0.2, 0) is 14.3 Å². The van der Waals surface area contributed by atoms with Gasteiger partial charge in [-0.05, 0) is 61.6 Å². The average molecular weight is 565 g/mol. The van der Waals surface area contributed by atoms with Gasteiger partial charge in [0.1, 0.15) is 6.61 Å². The van der Waals surface area contributed by atoms with E-state index in [1.165, 1.54) is 24.3 Å². The van der Waals surface area contributed by atoms with Crippen LogP contribution in [0.4, 0.5) is 0 Å². The lowest BCUT2D eigenvalue weighted by Gasteiger charge is -2.24. The van der Waals surface area contributed by atoms with Crippen LogP contribution < -0.4 is 24.4 Å². The molecule has 8 nitrogen and oxygen atoms in total. The molecule has 1 aliphatic rings. The van der Waals surface area contributed by atoms with E-state index in [9.17, 15) is 14.4 Å². The standard InChI is InChI=1S/C29H28N2O6S2/c1-6-14-36-28(34)25-17(3)30-29-31(26(25)20-9-11-21(38-5)12-10-20)27(33)24(39-29)16-19-8-13-22(37-18(4)32)23(15-19)35-7-2/h6,8-13,15-16,26H,1,7,14H2,2-5H3. The number of carbonyl (C=O) groups is 2. The third kappa shape index (κ3) is 6.07. The Bertz CT molecular complexity index is 1630. The number of thiazole rings is 1. The molecule has 4 rings (SSSR count). The van der Waals surface area contributed by atoms with Gasteiger partial charge in [0.15, 0.2) is 16.3 Å². The van der Waals surface area contributed by atoms with Gasteiger partial charge in [-0.1, -0.05) is 42.2 Å². The Balaban J connectivity index is 1.87. The third-order valence-corrected chi connectivity index (χ3v) is 7.55. The molecule has 0 N–H and O–H groups in total. The van der Waals surface area contributed by atoms with Crippen LogP contribution in [0.15, 0.2) is 81.1 Å². The van der Waals surface area contributed by atoms with Gasteiger partial charge in [-0.2, -0.15) is 0 Å². The molecule has 10 heteroatoms. The van der Waals surface area contributed by atoms with Crippen LogP contribution in [0, 0.1) is 0 Å². The van der Waals surface area contributed by atoms with Gasteiger partial charge in [0, 0.05) is 11.8 Å². The van der Waals surface area contributed by atoms with E-state index in [1.54, 1.807) is 47.5 Å². The van der Waals surface area contributed by atoms with Gasteiger partial charge in [-0.15, -0.1) is 11.8 Å². The SMILES string of the molecule is C=CCOC(=O)C1=C(C)N=c2sc(=Cc3ccc(OC(C)=O)c(OCC)c3)c(=O)n2C1c1ccc(SC)cc1. The largest absolute Gasteiger partial charge is 0.490 e. The summed E-state index contributed by atoms with van der Waals surface area (Å²) in [6.45, 7) is 8.92. The van der Waals surface area contributed by atoms with E-state index in [4.69, 9.17) is 14.2 Å². The van der Waals surface area contributed by atoms with E-state index in [-0.39, 0.29) is 12.2 Å². The Morgan fingerprint density at radius 3 is 2.56 bits per heavy atom. The number of nitrogens with zero attached hydrogens (tertiary/aromatic N) is 2. The van der Waals surface area contributed by atoms with Crippen molar-refractivity contribution >= 4 is 41.1 Å². The number of hydrogen-bond donors (Lipinski definition) is 0. The molecule has 1 aromatic heterocycles. The number of hydrogen-bond acceptors (Lipinski definition) is 9. The molecule has 0 bridgehead atoms. The second kappa shape index (κ2) is 12.3. The Kier molecular flexibility index (Phi) is 8.88. The first-order chi connectivity index (χ1) is 18.8. The van der Waals surface area contributed by atoms with Crippen LogP contribution in [-0.4, -0.2) is 36.0 Å². The van der Waals surface area contributed by atoms with Gasteiger partial charge < -0.3 is 14.2 Å². The molecule has 3 aromatic rings. The van der Waals surface area contributed by atoms with E-state index in [1.807, 2.05) is 37.4 Å². The van der Waals surface area contributed by atoms with Gasteiger partial charge in [-0.3, -0.25) is 14.2 Å². The van der Waals surface area contributed by atoms with Crippen LogP contribution in [0.3, 0.4) is 0 Å². The van der Waals surface area contributed by atoms with Crippen molar-refractivity contribution in [1.82, 2.24) is 4.57 Å². The minimum Gasteiger partial charge on any atom is -0.490 e. The van der Waals surface area contributed by atoms with Crippen LogP contribution in [0.5, 0.6) is 11.5 Å². The quantitative estimate of drug-likeness (QED) is 0.168. The highest BCUT2D eigenvalue weighted by Gasteiger charge is 2.33. The molecule has 0 aliphatic carbocycles. The summed E-state index contributed by atoms with van der Waals surface area (Å²) in [6.07, 6.45) is 5.21. The van der Waals surface area contributed by atoms with Gasteiger partial charge in [-0.25, -0.2) is 9.79 Å². The summed E-state index contributed by atoms with van der Waals surface area (Å²) in [6, 6.07) is 12.1. The van der Waals surface area contributed by atoms with Crippen LogP contribution in [0.1, 0.15) is 37.9 Å². The molecule has 1 atom stereocenters. The smallest absolute Gasteiger partial charge is 0.338 e. The Hall–Kier alpha value is -3.89. The number of thioether (sulfide) groups is 1. The van der Waals surface area contributed by atoms with E-state index in [2.05, 4.69) is 11.6 Å². The first-order valence-corrected chi connectivity index (χ1v) is 14.2. The fraction of sp³-hybridized carbons (Fsp3) is 0.241. The number of esters is 2. The Morgan fingerprint density at radius 1 is 1.18 bits per heavy atom. The summed E-state index contributed by atoms with van der Waals surface area (Å²) in [7, 11) is 0. The monoisotopic (exact) mass is 564 g/mol. The molecule has 39 heavy (non-hydrogen) atoms. The Labute approximate surface area is 233 Å². The molecular formula is C29H28N2O6S2. The summed E-state index contributed by atoms with van der Waals surface area (Å²) in [5, 5.41) is 0. The third-order valence-electron chi connectivity index (χ3n) is 5.82. The molecular weight excluding hydrogens is 536 g/mol. The maximum Gasteiger partial charge on any atom is 0.338 e. The predicted molar refractivity (Wildman–Crippen MR) is 152 cm³/mol. The first-order valence-electron chi connectivity index (χ1n) is 12.2. The minimum absolute atomic E-state index is 0.0453. The fourth-order valence-corrected chi connectivity index (χ4v) is 5.62. The molecule has 1 aliphatic heterocycles. The average Bonchev–Trinajstić information content (AvgIpc) is 3.22. The highest BCUT2D eigenvalue weighted by Crippen LogP contribution is 2.32. The van der Waals surface area contributed by atoms with Gasteiger partial charge in [0.25, 0.3) is 5.56 Å². The van der Waals surface area contributed by atoms with Gasteiger partial charge >= 0.3 is 11.9 Å². The number of ether oxygens (including phenoxy) is 3. The van der Waals surface area contributed by atoms with Crippen LogP contribution in [0.25, 0.3) is 6.08 Å². The highest BCUT2D eigenvalue weighted by molar-refractivity contribution is 7.98. The lowest BCUT2D eigenvalue weighted by Crippen LogP contribution is -2.39. The zero-order valence-corrected chi connectivity index (χ0v) is 23.7. The van der Waals surface area contributed by atoms with E-state index >= 15 is 0 Å².